The van der Waals surface area contributed by atoms with Crippen molar-refractivity contribution in [1.29, 1.82) is 0 Å². The van der Waals surface area contributed by atoms with E-state index in [0.29, 0.717) is 13.2 Å². The number of morpholine rings is 1. The number of aliphatic hydroxyl groups is 1. The van der Waals surface area contributed by atoms with Crippen LogP contribution >= 0.6 is 0 Å². The van der Waals surface area contributed by atoms with E-state index in [1.807, 2.05) is 54.6 Å². The molecule has 1 heterocycles. The van der Waals surface area contributed by atoms with Gasteiger partial charge in [0.1, 0.15) is 0 Å². The van der Waals surface area contributed by atoms with Crippen LogP contribution in [0.3, 0.4) is 0 Å². The number of benzene rings is 2. The van der Waals surface area contributed by atoms with E-state index < -0.39 is 6.04 Å². The smallest absolute Gasteiger partial charge is 0.244 e. The Labute approximate surface area is 153 Å². The molecule has 1 unspecified atom stereocenters. The monoisotopic (exact) mass is 352 g/mol. The van der Waals surface area contributed by atoms with E-state index >= 15 is 0 Å². The molecule has 0 spiro atoms. The molecule has 2 aromatic carbocycles. The van der Waals surface area contributed by atoms with Gasteiger partial charge in [0.25, 0.3) is 0 Å². The maximum absolute atomic E-state index is 12.2. The summed E-state index contributed by atoms with van der Waals surface area (Å²) in [5, 5.41) is 12.6. The van der Waals surface area contributed by atoms with Gasteiger partial charge in [-0.1, -0.05) is 42.5 Å². The number of nitrogens with zero attached hydrogens (tertiary/aromatic N) is 1. The Balaban J connectivity index is 1.66. The molecule has 0 bridgehead atoms. The van der Waals surface area contributed by atoms with Gasteiger partial charge in [-0.2, -0.15) is 0 Å². The number of carbonyl (C=O) groups excluding carboxylic acids is 1. The number of carbonyl (C=O) groups is 1. The summed E-state index contributed by atoms with van der Waals surface area (Å²) in [6.07, 6.45) is 3.25. The number of ether oxygens (including phenoxy) is 1. The van der Waals surface area contributed by atoms with Gasteiger partial charge in [0, 0.05) is 24.9 Å². The fraction of sp³-hybridized carbons (Fsp3) is 0.286. The Morgan fingerprint density at radius 3 is 2.65 bits per heavy atom. The van der Waals surface area contributed by atoms with Gasteiger partial charge in [-0.25, -0.2) is 0 Å². The molecule has 2 aromatic rings. The van der Waals surface area contributed by atoms with Crippen LogP contribution in [0.2, 0.25) is 0 Å². The minimum absolute atomic E-state index is 0.155. The second-order valence-electron chi connectivity index (χ2n) is 6.18. The zero-order chi connectivity index (χ0) is 18.2. The predicted molar refractivity (Wildman–Crippen MR) is 103 cm³/mol. The summed E-state index contributed by atoms with van der Waals surface area (Å²) in [6, 6.07) is 17.1. The molecule has 1 amide bonds. The first kappa shape index (κ1) is 18.2. The third kappa shape index (κ3) is 4.94. The number of aliphatic hydroxyl groups excluding tert-OH is 1. The maximum atomic E-state index is 12.2. The summed E-state index contributed by atoms with van der Waals surface area (Å²) in [4.78, 5) is 14.5. The van der Waals surface area contributed by atoms with E-state index in [4.69, 9.17) is 4.74 Å². The van der Waals surface area contributed by atoms with Crippen molar-refractivity contribution in [2.24, 2.45) is 0 Å². The van der Waals surface area contributed by atoms with Crippen molar-refractivity contribution in [2.45, 2.75) is 6.04 Å². The molecular weight excluding hydrogens is 328 g/mol. The second-order valence-corrected chi connectivity index (χ2v) is 6.18. The molecule has 1 aliphatic rings. The summed E-state index contributed by atoms with van der Waals surface area (Å²) in [5.41, 5.74) is 2.92. The molecule has 26 heavy (non-hydrogen) atoms. The van der Waals surface area contributed by atoms with Crippen molar-refractivity contribution in [2.75, 3.05) is 37.8 Å². The summed E-state index contributed by atoms with van der Waals surface area (Å²) < 4.78 is 5.39. The summed E-state index contributed by atoms with van der Waals surface area (Å²) in [7, 11) is 0. The van der Waals surface area contributed by atoms with E-state index in [1.165, 1.54) is 6.08 Å². The molecule has 0 aliphatic carbocycles. The Morgan fingerprint density at radius 1 is 1.15 bits per heavy atom. The van der Waals surface area contributed by atoms with Crippen LogP contribution in [-0.2, 0) is 9.53 Å². The lowest BCUT2D eigenvalue weighted by Gasteiger charge is -2.29. The predicted octanol–water partition coefficient (Wildman–Crippen LogP) is 2.39. The lowest BCUT2D eigenvalue weighted by atomic mass is 10.1. The zero-order valence-electron chi connectivity index (χ0n) is 14.7. The van der Waals surface area contributed by atoms with Gasteiger partial charge in [-0.15, -0.1) is 0 Å². The third-order valence-electron chi connectivity index (χ3n) is 4.37. The van der Waals surface area contributed by atoms with Crippen LogP contribution in [0.5, 0.6) is 0 Å². The van der Waals surface area contributed by atoms with Crippen LogP contribution in [0, 0.1) is 0 Å². The maximum Gasteiger partial charge on any atom is 0.244 e. The summed E-state index contributed by atoms with van der Waals surface area (Å²) >= 11 is 0. The Bertz CT molecular complexity index is 740. The van der Waals surface area contributed by atoms with Crippen LogP contribution in [0.15, 0.2) is 60.7 Å². The number of hydrogen-bond acceptors (Lipinski definition) is 4. The molecule has 2 N–H and O–H groups in total. The molecule has 0 radical (unpaired) electrons. The molecule has 1 aliphatic heterocycles. The highest BCUT2D eigenvalue weighted by Crippen LogP contribution is 2.21. The molecule has 0 saturated carbocycles. The molecule has 136 valence electrons. The van der Waals surface area contributed by atoms with Crippen LogP contribution < -0.4 is 10.2 Å². The second kappa shape index (κ2) is 9.17. The quantitative estimate of drug-likeness (QED) is 0.784. The Kier molecular flexibility index (Phi) is 6.41. The third-order valence-corrected chi connectivity index (χ3v) is 4.37. The Hall–Kier alpha value is -2.63. The van der Waals surface area contributed by atoms with Gasteiger partial charge in [0.05, 0.1) is 25.9 Å². The van der Waals surface area contributed by atoms with Crippen LogP contribution in [0.4, 0.5) is 5.69 Å². The number of rotatable bonds is 6. The van der Waals surface area contributed by atoms with Gasteiger partial charge in [-0.3, -0.25) is 4.79 Å². The van der Waals surface area contributed by atoms with Crippen LogP contribution in [0.1, 0.15) is 17.2 Å². The topological polar surface area (TPSA) is 61.8 Å². The fourth-order valence-corrected chi connectivity index (χ4v) is 2.95. The fourth-order valence-electron chi connectivity index (χ4n) is 2.95. The minimum atomic E-state index is -0.441. The van der Waals surface area contributed by atoms with Gasteiger partial charge in [0.2, 0.25) is 5.91 Å². The molecule has 3 rings (SSSR count). The summed E-state index contributed by atoms with van der Waals surface area (Å²) in [5.74, 6) is -0.232. The molecule has 5 nitrogen and oxygen atoms in total. The molecule has 1 saturated heterocycles. The largest absolute Gasteiger partial charge is 0.394 e. The van der Waals surface area contributed by atoms with Crippen molar-refractivity contribution in [3.05, 3.63) is 71.8 Å². The lowest BCUT2D eigenvalue weighted by Crippen LogP contribution is -2.36. The van der Waals surface area contributed by atoms with Crippen molar-refractivity contribution >= 4 is 17.7 Å². The normalized spacial score (nSPS) is 15.8. The first-order valence-electron chi connectivity index (χ1n) is 8.83. The van der Waals surface area contributed by atoms with Crippen molar-refractivity contribution in [3.8, 4) is 0 Å². The number of anilines is 1. The van der Waals surface area contributed by atoms with E-state index in [0.717, 1.165) is 29.9 Å². The molecular formula is C21H24N2O3. The zero-order valence-corrected chi connectivity index (χ0v) is 14.7. The molecule has 0 aromatic heterocycles. The van der Waals surface area contributed by atoms with Crippen molar-refractivity contribution in [3.63, 3.8) is 0 Å². The van der Waals surface area contributed by atoms with E-state index in [9.17, 15) is 9.90 Å². The van der Waals surface area contributed by atoms with Gasteiger partial charge in [-0.05, 0) is 29.3 Å². The summed E-state index contributed by atoms with van der Waals surface area (Å²) in [6.45, 7) is 2.97. The van der Waals surface area contributed by atoms with Crippen molar-refractivity contribution in [1.82, 2.24) is 5.32 Å². The first-order chi connectivity index (χ1) is 12.8. The molecule has 5 heteroatoms. The number of nitrogens with one attached hydrogen (secondary N) is 1. The first-order valence-corrected chi connectivity index (χ1v) is 8.83. The SMILES string of the molecule is O=C(/C=C/c1ccccc1)NC(CO)c1cccc(N2CCOCC2)c1. The van der Waals surface area contributed by atoms with Crippen molar-refractivity contribution < 1.29 is 14.6 Å². The van der Waals surface area contributed by atoms with E-state index in [1.54, 1.807) is 6.08 Å². The number of amides is 1. The molecule has 1 atom stereocenters. The van der Waals surface area contributed by atoms with Gasteiger partial charge in [0.15, 0.2) is 0 Å². The number of hydrogen-bond donors (Lipinski definition) is 2. The minimum Gasteiger partial charge on any atom is -0.394 e. The van der Waals surface area contributed by atoms with Gasteiger partial charge < -0.3 is 20.1 Å². The van der Waals surface area contributed by atoms with Crippen LogP contribution in [-0.4, -0.2) is 43.9 Å². The van der Waals surface area contributed by atoms with Gasteiger partial charge >= 0.3 is 0 Å². The van der Waals surface area contributed by atoms with E-state index in [2.05, 4.69) is 10.2 Å². The molecule has 1 fully saturated rings. The average molecular weight is 352 g/mol. The highest BCUT2D eigenvalue weighted by atomic mass is 16.5. The highest BCUT2D eigenvalue weighted by Gasteiger charge is 2.16. The van der Waals surface area contributed by atoms with Crippen LogP contribution in [0.25, 0.3) is 6.08 Å². The van der Waals surface area contributed by atoms with E-state index in [-0.39, 0.29) is 12.5 Å². The lowest BCUT2D eigenvalue weighted by molar-refractivity contribution is -0.117. The highest BCUT2D eigenvalue weighted by molar-refractivity contribution is 5.92. The standard InChI is InChI=1S/C21H24N2O3/c24-16-20(22-21(25)10-9-17-5-2-1-3-6-17)18-7-4-8-19(15-18)23-11-13-26-14-12-23/h1-10,15,20,24H,11-14,16H2,(H,22,25)/b10-9+. The Morgan fingerprint density at radius 2 is 1.92 bits per heavy atom. The average Bonchev–Trinajstić information content (AvgIpc) is 2.72.